The van der Waals surface area contributed by atoms with Gasteiger partial charge in [0.1, 0.15) is 5.75 Å². The summed E-state index contributed by atoms with van der Waals surface area (Å²) in [7, 11) is 0. The lowest BCUT2D eigenvalue weighted by molar-refractivity contribution is 0.477. The van der Waals surface area contributed by atoms with Crippen molar-refractivity contribution in [3.05, 3.63) is 89.2 Å². The lowest BCUT2D eigenvalue weighted by Gasteiger charge is -2.17. The molecule has 3 aromatic carbocycles. The fourth-order valence-corrected chi connectivity index (χ4v) is 2.90. The van der Waals surface area contributed by atoms with Crippen molar-refractivity contribution in [3.8, 4) is 5.75 Å². The summed E-state index contributed by atoms with van der Waals surface area (Å²) in [6.07, 6.45) is 5.89. The number of hydrogen-bond acceptors (Lipinski definition) is 1. The Kier molecular flexibility index (Phi) is 3.21. The molecule has 0 aliphatic carbocycles. The number of benzene rings is 3. The van der Waals surface area contributed by atoms with Gasteiger partial charge in [-0.3, -0.25) is 0 Å². The monoisotopic (exact) mass is 304 g/mol. The van der Waals surface area contributed by atoms with Gasteiger partial charge in [0.2, 0.25) is 0 Å². The number of allylic oxidation sites excluding steroid dienone is 2. The number of ether oxygens (including phenoxy) is 1. The van der Waals surface area contributed by atoms with Crippen molar-refractivity contribution in [2.45, 2.75) is 0 Å². The van der Waals surface area contributed by atoms with Crippen molar-refractivity contribution >= 4 is 34.0 Å². The summed E-state index contributed by atoms with van der Waals surface area (Å²) >= 11 is 5.96. The highest BCUT2D eigenvalue weighted by atomic mass is 35.5. The van der Waals surface area contributed by atoms with Crippen molar-refractivity contribution in [2.75, 3.05) is 0 Å². The molecule has 1 heterocycles. The molecular formula is C20H13ClO. The Morgan fingerprint density at radius 3 is 2.55 bits per heavy atom. The Labute approximate surface area is 134 Å². The molecule has 0 saturated heterocycles. The largest absolute Gasteiger partial charge is 0.464 e. The summed E-state index contributed by atoms with van der Waals surface area (Å²) in [6, 6.07) is 20.3. The second-order valence-electron chi connectivity index (χ2n) is 5.23. The lowest BCUT2D eigenvalue weighted by Crippen LogP contribution is -1.97. The van der Waals surface area contributed by atoms with E-state index in [1.54, 1.807) is 6.26 Å². The Hall–Kier alpha value is -2.51. The normalized spacial score (nSPS) is 14.9. The molecule has 0 atom stereocenters. The van der Waals surface area contributed by atoms with Gasteiger partial charge in [-0.15, -0.1) is 0 Å². The van der Waals surface area contributed by atoms with E-state index >= 15 is 0 Å². The zero-order valence-electron chi connectivity index (χ0n) is 11.8. The molecule has 0 amide bonds. The molecule has 3 aromatic rings. The van der Waals surface area contributed by atoms with Gasteiger partial charge in [0.15, 0.2) is 0 Å². The maximum Gasteiger partial charge on any atom is 0.134 e. The minimum absolute atomic E-state index is 0.746. The fraction of sp³-hybridized carbons (Fsp3) is 0. The molecule has 1 aliphatic rings. The van der Waals surface area contributed by atoms with Crippen LogP contribution >= 0.6 is 11.6 Å². The first-order valence-electron chi connectivity index (χ1n) is 7.14. The van der Waals surface area contributed by atoms with Crippen molar-refractivity contribution in [3.63, 3.8) is 0 Å². The number of rotatable bonds is 1. The first-order chi connectivity index (χ1) is 10.8. The zero-order chi connectivity index (χ0) is 14.9. The zero-order valence-corrected chi connectivity index (χ0v) is 12.5. The predicted molar refractivity (Wildman–Crippen MR) is 93.0 cm³/mol. The molecule has 0 aromatic heterocycles. The Morgan fingerprint density at radius 1 is 0.864 bits per heavy atom. The highest BCUT2D eigenvalue weighted by Gasteiger charge is 2.14. The maximum absolute atomic E-state index is 5.96. The average Bonchev–Trinajstić information content (AvgIpc) is 2.57. The second kappa shape index (κ2) is 5.36. The van der Waals surface area contributed by atoms with E-state index in [2.05, 4.69) is 36.4 Å². The van der Waals surface area contributed by atoms with E-state index in [1.165, 1.54) is 10.8 Å². The maximum atomic E-state index is 5.96. The van der Waals surface area contributed by atoms with Crippen LogP contribution in [-0.4, -0.2) is 0 Å². The van der Waals surface area contributed by atoms with E-state index in [0.29, 0.717) is 0 Å². The summed E-state index contributed by atoms with van der Waals surface area (Å²) in [6.45, 7) is 0. The summed E-state index contributed by atoms with van der Waals surface area (Å²) in [5, 5.41) is 3.15. The number of halogens is 1. The lowest BCUT2D eigenvalue weighted by atomic mass is 9.94. The standard InChI is InChI=1S/C20H13ClO/c21-17-8-5-14(6-9-17)13-16-11-12-22-19-10-7-15-3-1-2-4-18(15)20(16)19/h1-13H. The number of fused-ring (bicyclic) bond motifs is 3. The molecule has 1 aliphatic heterocycles. The molecular weight excluding hydrogens is 292 g/mol. The van der Waals surface area contributed by atoms with Crippen LogP contribution in [0.25, 0.3) is 22.4 Å². The van der Waals surface area contributed by atoms with Crippen LogP contribution in [0.15, 0.2) is 73.0 Å². The van der Waals surface area contributed by atoms with Gasteiger partial charge < -0.3 is 4.74 Å². The SMILES string of the molecule is Clc1ccc(C=C2C=COc3ccc4ccccc4c32)cc1. The predicted octanol–water partition coefficient (Wildman–Crippen LogP) is 5.94. The third-order valence-corrected chi connectivity index (χ3v) is 4.07. The summed E-state index contributed by atoms with van der Waals surface area (Å²) in [5.74, 6) is 0.890. The van der Waals surface area contributed by atoms with Gasteiger partial charge in [0, 0.05) is 10.6 Å². The topological polar surface area (TPSA) is 9.23 Å². The van der Waals surface area contributed by atoms with Crippen LogP contribution in [0.3, 0.4) is 0 Å². The molecule has 0 saturated carbocycles. The minimum atomic E-state index is 0.746. The van der Waals surface area contributed by atoms with E-state index in [-0.39, 0.29) is 0 Å². The molecule has 1 nitrogen and oxygen atoms in total. The molecule has 0 radical (unpaired) electrons. The van der Waals surface area contributed by atoms with Crippen LogP contribution in [0.5, 0.6) is 5.75 Å². The average molecular weight is 305 g/mol. The quantitative estimate of drug-likeness (QED) is 0.540. The molecule has 0 bridgehead atoms. The molecule has 0 N–H and O–H groups in total. The van der Waals surface area contributed by atoms with Crippen molar-refractivity contribution in [2.24, 2.45) is 0 Å². The molecule has 106 valence electrons. The molecule has 0 spiro atoms. The Balaban J connectivity index is 1.93. The molecule has 2 heteroatoms. The van der Waals surface area contributed by atoms with Crippen LogP contribution in [0.4, 0.5) is 0 Å². The van der Waals surface area contributed by atoms with Crippen LogP contribution in [0, 0.1) is 0 Å². The van der Waals surface area contributed by atoms with Gasteiger partial charge in [0.05, 0.1) is 6.26 Å². The van der Waals surface area contributed by atoms with E-state index in [9.17, 15) is 0 Å². The van der Waals surface area contributed by atoms with Crippen LogP contribution < -0.4 is 4.74 Å². The Bertz CT molecular complexity index is 905. The van der Waals surface area contributed by atoms with Crippen LogP contribution in [-0.2, 0) is 0 Å². The third-order valence-electron chi connectivity index (χ3n) is 3.81. The summed E-state index contributed by atoms with van der Waals surface area (Å²) in [5.41, 5.74) is 3.39. The van der Waals surface area contributed by atoms with E-state index < -0.39 is 0 Å². The molecule has 0 fully saturated rings. The van der Waals surface area contributed by atoms with Gasteiger partial charge in [-0.05, 0) is 52.3 Å². The first kappa shape index (κ1) is 13.2. The van der Waals surface area contributed by atoms with Crippen molar-refractivity contribution in [1.29, 1.82) is 0 Å². The van der Waals surface area contributed by atoms with Crippen LogP contribution in [0.2, 0.25) is 5.02 Å². The summed E-state index contributed by atoms with van der Waals surface area (Å²) < 4.78 is 5.68. The van der Waals surface area contributed by atoms with Gasteiger partial charge in [-0.1, -0.05) is 54.1 Å². The van der Waals surface area contributed by atoms with Gasteiger partial charge in [-0.2, -0.15) is 0 Å². The Morgan fingerprint density at radius 2 is 1.68 bits per heavy atom. The van der Waals surface area contributed by atoms with E-state index in [0.717, 1.165) is 27.5 Å². The highest BCUT2D eigenvalue weighted by Crippen LogP contribution is 2.38. The van der Waals surface area contributed by atoms with E-state index in [4.69, 9.17) is 16.3 Å². The van der Waals surface area contributed by atoms with Gasteiger partial charge in [0.25, 0.3) is 0 Å². The summed E-state index contributed by atoms with van der Waals surface area (Å²) in [4.78, 5) is 0. The first-order valence-corrected chi connectivity index (χ1v) is 7.52. The minimum Gasteiger partial charge on any atom is -0.464 e. The van der Waals surface area contributed by atoms with E-state index in [1.807, 2.05) is 36.4 Å². The third kappa shape index (κ3) is 2.30. The molecule has 0 unspecified atom stereocenters. The number of hydrogen-bond donors (Lipinski definition) is 0. The highest BCUT2D eigenvalue weighted by molar-refractivity contribution is 6.30. The second-order valence-corrected chi connectivity index (χ2v) is 5.67. The molecule has 22 heavy (non-hydrogen) atoms. The van der Waals surface area contributed by atoms with Gasteiger partial charge in [-0.25, -0.2) is 0 Å². The molecule has 4 rings (SSSR count). The fourth-order valence-electron chi connectivity index (χ4n) is 2.77. The van der Waals surface area contributed by atoms with Crippen molar-refractivity contribution in [1.82, 2.24) is 0 Å². The van der Waals surface area contributed by atoms with Gasteiger partial charge >= 0.3 is 0 Å². The smallest absolute Gasteiger partial charge is 0.134 e. The van der Waals surface area contributed by atoms with Crippen LogP contribution in [0.1, 0.15) is 11.1 Å². The van der Waals surface area contributed by atoms with Crippen molar-refractivity contribution < 1.29 is 4.74 Å².